The Hall–Kier alpha value is -1.10. The van der Waals surface area contributed by atoms with Gasteiger partial charge in [-0.15, -0.1) is 0 Å². The second-order valence-electron chi connectivity index (χ2n) is 5.78. The van der Waals surface area contributed by atoms with Crippen LogP contribution in [0.3, 0.4) is 0 Å². The van der Waals surface area contributed by atoms with E-state index in [-0.39, 0.29) is 5.41 Å². The normalized spacial score (nSPS) is 32.9. The Labute approximate surface area is 113 Å². The van der Waals surface area contributed by atoms with Gasteiger partial charge >= 0.3 is 0 Å². The molecule has 2 atom stereocenters. The molecule has 1 aliphatic heterocycles. The molecule has 1 saturated carbocycles. The van der Waals surface area contributed by atoms with Gasteiger partial charge in [0, 0.05) is 33.7 Å². The molecule has 1 aliphatic carbocycles. The number of hydrogen-bond donors (Lipinski definition) is 1. The first-order valence-electron chi connectivity index (χ1n) is 6.66. The van der Waals surface area contributed by atoms with Crippen molar-refractivity contribution < 1.29 is 14.6 Å². The van der Waals surface area contributed by atoms with E-state index < -0.39 is 5.79 Å². The van der Waals surface area contributed by atoms with Crippen molar-refractivity contribution in [3.8, 4) is 5.75 Å². The summed E-state index contributed by atoms with van der Waals surface area (Å²) in [4.78, 5) is 2.31. The largest absolute Gasteiger partial charge is 0.508 e. The monoisotopic (exact) mass is 263 g/mol. The fourth-order valence-electron chi connectivity index (χ4n) is 4.14. The van der Waals surface area contributed by atoms with Gasteiger partial charge in [0.25, 0.3) is 0 Å². The maximum Gasteiger partial charge on any atom is 0.179 e. The van der Waals surface area contributed by atoms with Crippen molar-refractivity contribution >= 4 is 0 Å². The van der Waals surface area contributed by atoms with Gasteiger partial charge < -0.3 is 19.5 Å². The number of likely N-dealkylation sites (N-methyl/N-ethyl adjacent to an activating group) is 1. The van der Waals surface area contributed by atoms with Crippen molar-refractivity contribution in [2.45, 2.75) is 17.6 Å². The number of aromatic hydroxyl groups is 1. The van der Waals surface area contributed by atoms with E-state index in [1.165, 1.54) is 0 Å². The molecule has 1 heterocycles. The van der Waals surface area contributed by atoms with Gasteiger partial charge in [-0.2, -0.15) is 0 Å². The zero-order valence-corrected chi connectivity index (χ0v) is 11.7. The number of fused-ring (bicyclic) bond motifs is 1. The molecule has 3 rings (SSSR count). The maximum absolute atomic E-state index is 9.78. The predicted molar refractivity (Wildman–Crippen MR) is 72.1 cm³/mol. The molecule has 0 spiro atoms. The van der Waals surface area contributed by atoms with Gasteiger partial charge in [-0.25, -0.2) is 0 Å². The molecule has 104 valence electrons. The highest BCUT2D eigenvalue weighted by Crippen LogP contribution is 2.61. The van der Waals surface area contributed by atoms with Crippen LogP contribution in [0, 0.1) is 5.92 Å². The molecule has 0 unspecified atom stereocenters. The van der Waals surface area contributed by atoms with Crippen LogP contribution in [0.15, 0.2) is 24.3 Å². The number of phenolic OH excluding ortho intramolecular Hbond substituents is 1. The number of phenols is 1. The first kappa shape index (κ1) is 12.9. The van der Waals surface area contributed by atoms with Gasteiger partial charge in [0.15, 0.2) is 5.79 Å². The van der Waals surface area contributed by atoms with Crippen LogP contribution in [0.4, 0.5) is 0 Å². The summed E-state index contributed by atoms with van der Waals surface area (Å²) < 4.78 is 11.5. The average Bonchev–Trinajstić information content (AvgIpc) is 2.66. The molecule has 1 aromatic carbocycles. The summed E-state index contributed by atoms with van der Waals surface area (Å²) in [5.74, 6) is 0.239. The van der Waals surface area contributed by atoms with E-state index in [1.807, 2.05) is 12.1 Å². The van der Waals surface area contributed by atoms with Gasteiger partial charge in [0.05, 0.1) is 5.41 Å². The molecule has 1 aromatic rings. The van der Waals surface area contributed by atoms with Crippen LogP contribution >= 0.6 is 0 Å². The van der Waals surface area contributed by atoms with Crippen LogP contribution < -0.4 is 0 Å². The minimum Gasteiger partial charge on any atom is -0.508 e. The van der Waals surface area contributed by atoms with E-state index in [2.05, 4.69) is 18.0 Å². The molecule has 1 N–H and O–H groups in total. The Kier molecular flexibility index (Phi) is 2.85. The Morgan fingerprint density at radius 2 is 2.05 bits per heavy atom. The number of ether oxygens (including phenoxy) is 2. The molecule has 0 radical (unpaired) electrons. The summed E-state index contributed by atoms with van der Waals surface area (Å²) in [6.07, 6.45) is 0.903. The summed E-state index contributed by atoms with van der Waals surface area (Å²) in [6, 6.07) is 7.51. The minimum atomic E-state index is -0.573. The van der Waals surface area contributed by atoms with E-state index in [0.29, 0.717) is 11.7 Å². The van der Waals surface area contributed by atoms with Crippen molar-refractivity contribution in [1.29, 1.82) is 0 Å². The van der Waals surface area contributed by atoms with Gasteiger partial charge in [-0.1, -0.05) is 12.1 Å². The zero-order valence-electron chi connectivity index (χ0n) is 11.7. The average molecular weight is 263 g/mol. The quantitative estimate of drug-likeness (QED) is 0.841. The SMILES string of the molecule is COC1(OC)C[C@H]2CN(C)C[C@@]21c1cccc(O)c1. The maximum atomic E-state index is 9.78. The smallest absolute Gasteiger partial charge is 0.179 e. The molecule has 0 amide bonds. The van der Waals surface area contributed by atoms with Gasteiger partial charge in [-0.3, -0.25) is 0 Å². The number of rotatable bonds is 3. The van der Waals surface area contributed by atoms with Crippen LogP contribution in [0.25, 0.3) is 0 Å². The molecule has 0 bridgehead atoms. The summed E-state index contributed by atoms with van der Waals surface area (Å²) in [5.41, 5.74) is 0.932. The van der Waals surface area contributed by atoms with Crippen molar-refractivity contribution in [1.82, 2.24) is 4.90 Å². The molecule has 19 heavy (non-hydrogen) atoms. The number of hydrogen-bond acceptors (Lipinski definition) is 4. The lowest BCUT2D eigenvalue weighted by atomic mass is 9.53. The fraction of sp³-hybridized carbons (Fsp3) is 0.600. The van der Waals surface area contributed by atoms with Crippen molar-refractivity contribution in [3.63, 3.8) is 0 Å². The highest BCUT2D eigenvalue weighted by Gasteiger charge is 2.70. The predicted octanol–water partition coefficient (Wildman–Crippen LogP) is 1.58. The lowest BCUT2D eigenvalue weighted by molar-refractivity contribution is -0.314. The number of methoxy groups -OCH3 is 2. The Balaban J connectivity index is 2.11. The topological polar surface area (TPSA) is 41.9 Å². The van der Waals surface area contributed by atoms with Crippen molar-refractivity contribution in [3.05, 3.63) is 29.8 Å². The molecule has 4 nitrogen and oxygen atoms in total. The van der Waals surface area contributed by atoms with Crippen LogP contribution in [0.2, 0.25) is 0 Å². The number of likely N-dealkylation sites (tertiary alicyclic amines) is 1. The third-order valence-corrected chi connectivity index (χ3v) is 4.96. The minimum absolute atomic E-state index is 0.177. The third-order valence-electron chi connectivity index (χ3n) is 4.96. The highest BCUT2D eigenvalue weighted by molar-refractivity contribution is 5.41. The number of benzene rings is 1. The second kappa shape index (κ2) is 4.20. The third kappa shape index (κ3) is 1.51. The van der Waals surface area contributed by atoms with E-state index in [1.54, 1.807) is 20.3 Å². The van der Waals surface area contributed by atoms with Crippen molar-refractivity contribution in [2.75, 3.05) is 34.4 Å². The molecule has 2 aliphatic rings. The molecule has 2 fully saturated rings. The van der Waals surface area contributed by atoms with Gasteiger partial charge in [-0.05, 0) is 30.7 Å². The molecular weight excluding hydrogens is 242 g/mol. The van der Waals surface area contributed by atoms with E-state index in [0.717, 1.165) is 25.1 Å². The van der Waals surface area contributed by atoms with E-state index >= 15 is 0 Å². The van der Waals surface area contributed by atoms with Crippen LogP contribution in [0.5, 0.6) is 5.75 Å². The van der Waals surface area contributed by atoms with E-state index in [9.17, 15) is 5.11 Å². The van der Waals surface area contributed by atoms with Crippen molar-refractivity contribution in [2.24, 2.45) is 5.92 Å². The Bertz CT molecular complexity index is 486. The molecular formula is C15H21NO3. The summed E-state index contributed by atoms with van der Waals surface area (Å²) in [6.45, 7) is 1.94. The Morgan fingerprint density at radius 3 is 2.63 bits per heavy atom. The Morgan fingerprint density at radius 1 is 1.32 bits per heavy atom. The lowest BCUT2D eigenvalue weighted by Crippen LogP contribution is -2.68. The van der Waals surface area contributed by atoms with Gasteiger partial charge in [0.2, 0.25) is 0 Å². The first-order chi connectivity index (χ1) is 9.08. The lowest BCUT2D eigenvalue weighted by Gasteiger charge is -2.59. The van der Waals surface area contributed by atoms with Crippen LogP contribution in [-0.4, -0.2) is 50.2 Å². The fourth-order valence-corrected chi connectivity index (χ4v) is 4.14. The van der Waals surface area contributed by atoms with E-state index in [4.69, 9.17) is 9.47 Å². The first-order valence-corrected chi connectivity index (χ1v) is 6.66. The molecule has 4 heteroatoms. The summed E-state index contributed by atoms with van der Waals surface area (Å²) in [7, 11) is 5.55. The summed E-state index contributed by atoms with van der Waals surface area (Å²) >= 11 is 0. The standard InChI is InChI=1S/C15H21NO3/c1-16-9-12-8-15(18-2,19-3)14(12,10-16)11-5-4-6-13(17)7-11/h4-7,12,17H,8-10H2,1-3H3/t12-,14+/m0/s1. The van der Waals surface area contributed by atoms with Crippen LogP contribution in [0.1, 0.15) is 12.0 Å². The summed E-state index contributed by atoms with van der Waals surface area (Å²) in [5, 5.41) is 9.78. The molecule has 0 aromatic heterocycles. The second-order valence-corrected chi connectivity index (χ2v) is 5.78. The van der Waals surface area contributed by atoms with Gasteiger partial charge in [0.1, 0.15) is 5.75 Å². The number of nitrogens with zero attached hydrogens (tertiary/aromatic N) is 1. The van der Waals surface area contributed by atoms with Crippen LogP contribution in [-0.2, 0) is 14.9 Å². The zero-order chi connectivity index (χ0) is 13.7. The molecule has 1 saturated heterocycles. The highest BCUT2D eigenvalue weighted by atomic mass is 16.7.